The number of urea groups is 1. The van der Waals surface area contributed by atoms with E-state index in [1.54, 1.807) is 43.3 Å². The molecule has 0 unspecified atom stereocenters. The largest absolute Gasteiger partial charge is 0.497 e. The van der Waals surface area contributed by atoms with E-state index < -0.39 is 0 Å². The number of benzene rings is 1. The fraction of sp³-hybridized carbons (Fsp3) is 0.500. The second kappa shape index (κ2) is 5.93. The van der Waals surface area contributed by atoms with Gasteiger partial charge in [-0.3, -0.25) is 0 Å². The molecule has 0 spiro atoms. The fourth-order valence-corrected chi connectivity index (χ4v) is 2.21. The number of hydrogen-bond acceptors (Lipinski definition) is 3. The highest BCUT2D eigenvalue weighted by Gasteiger charge is 2.29. The molecule has 0 saturated heterocycles. The fourth-order valence-electron chi connectivity index (χ4n) is 2.21. The van der Waals surface area contributed by atoms with Gasteiger partial charge in [-0.25, -0.2) is 4.79 Å². The number of carbonyl (C=O) groups excluding carboxylic acids is 1. The average Bonchev–Trinajstić information content (AvgIpc) is 2.37. The number of anilines is 1. The highest BCUT2D eigenvalue weighted by molar-refractivity contribution is 5.89. The van der Waals surface area contributed by atoms with Crippen molar-refractivity contribution in [3.8, 4) is 5.75 Å². The predicted octanol–water partition coefficient (Wildman–Crippen LogP) is 1.93. The van der Waals surface area contributed by atoms with Crippen LogP contribution in [0.5, 0.6) is 5.75 Å². The summed E-state index contributed by atoms with van der Waals surface area (Å²) >= 11 is 0. The first-order valence-electron chi connectivity index (χ1n) is 6.42. The monoisotopic (exact) mass is 264 g/mol. The van der Waals surface area contributed by atoms with Crippen molar-refractivity contribution in [2.45, 2.75) is 18.9 Å². The maximum atomic E-state index is 11.9. The van der Waals surface area contributed by atoms with Crippen LogP contribution in [-0.2, 0) is 0 Å². The van der Waals surface area contributed by atoms with Crippen LogP contribution in [0.3, 0.4) is 0 Å². The number of aliphatic hydroxyl groups excluding tert-OH is 1. The van der Waals surface area contributed by atoms with Gasteiger partial charge < -0.3 is 20.1 Å². The zero-order valence-corrected chi connectivity index (χ0v) is 11.3. The maximum Gasteiger partial charge on any atom is 0.321 e. The van der Waals surface area contributed by atoms with Gasteiger partial charge in [0.2, 0.25) is 0 Å². The summed E-state index contributed by atoms with van der Waals surface area (Å²) in [4.78, 5) is 13.6. The van der Waals surface area contributed by atoms with E-state index in [2.05, 4.69) is 5.32 Å². The number of carbonyl (C=O) groups is 1. The molecule has 2 rings (SSSR count). The summed E-state index contributed by atoms with van der Waals surface area (Å²) in [6.07, 6.45) is 1.41. The van der Waals surface area contributed by atoms with E-state index >= 15 is 0 Å². The van der Waals surface area contributed by atoms with Gasteiger partial charge in [-0.05, 0) is 43.0 Å². The minimum absolute atomic E-state index is 0.133. The van der Waals surface area contributed by atoms with Crippen LogP contribution in [0.2, 0.25) is 0 Å². The third-order valence-corrected chi connectivity index (χ3v) is 3.43. The van der Waals surface area contributed by atoms with Crippen LogP contribution in [-0.4, -0.2) is 42.8 Å². The summed E-state index contributed by atoms with van der Waals surface area (Å²) in [6.45, 7) is 0.680. The number of nitrogens with one attached hydrogen (secondary N) is 1. The van der Waals surface area contributed by atoms with Gasteiger partial charge in [-0.2, -0.15) is 0 Å². The molecular formula is C14H20N2O3. The van der Waals surface area contributed by atoms with Crippen molar-refractivity contribution in [3.05, 3.63) is 24.3 Å². The zero-order chi connectivity index (χ0) is 13.8. The molecule has 1 saturated carbocycles. The Morgan fingerprint density at radius 3 is 2.58 bits per heavy atom. The molecule has 1 aromatic carbocycles. The van der Waals surface area contributed by atoms with Crippen molar-refractivity contribution < 1.29 is 14.6 Å². The van der Waals surface area contributed by atoms with Gasteiger partial charge in [0.05, 0.1) is 13.2 Å². The lowest BCUT2D eigenvalue weighted by atomic mass is 9.82. The van der Waals surface area contributed by atoms with Crippen LogP contribution >= 0.6 is 0 Å². The smallest absolute Gasteiger partial charge is 0.321 e. The zero-order valence-electron chi connectivity index (χ0n) is 11.3. The van der Waals surface area contributed by atoms with Crippen molar-refractivity contribution in [1.82, 2.24) is 4.90 Å². The van der Waals surface area contributed by atoms with Crippen LogP contribution in [0.1, 0.15) is 12.8 Å². The molecule has 2 N–H and O–H groups in total. The van der Waals surface area contributed by atoms with E-state index in [1.165, 1.54) is 0 Å². The van der Waals surface area contributed by atoms with E-state index in [1.807, 2.05) is 0 Å². The molecule has 0 aromatic heterocycles. The van der Waals surface area contributed by atoms with Crippen molar-refractivity contribution in [3.63, 3.8) is 0 Å². The Morgan fingerprint density at radius 2 is 2.05 bits per heavy atom. The first kappa shape index (κ1) is 13.7. The molecule has 5 nitrogen and oxygen atoms in total. The number of methoxy groups -OCH3 is 1. The molecule has 1 aliphatic rings. The Kier molecular flexibility index (Phi) is 4.27. The Hall–Kier alpha value is -1.75. The Labute approximate surface area is 113 Å². The van der Waals surface area contributed by atoms with Gasteiger partial charge in [-0.15, -0.1) is 0 Å². The van der Waals surface area contributed by atoms with E-state index in [9.17, 15) is 9.90 Å². The number of ether oxygens (including phenoxy) is 1. The lowest BCUT2D eigenvalue weighted by molar-refractivity contribution is 0.0332. The molecular weight excluding hydrogens is 244 g/mol. The van der Waals surface area contributed by atoms with E-state index in [0.29, 0.717) is 12.5 Å². The number of nitrogens with zero attached hydrogens (tertiary/aromatic N) is 1. The van der Waals surface area contributed by atoms with E-state index in [4.69, 9.17) is 4.74 Å². The normalized spacial score (nSPS) is 21.4. The van der Waals surface area contributed by atoms with Crippen LogP contribution in [0.4, 0.5) is 10.5 Å². The summed E-state index contributed by atoms with van der Waals surface area (Å²) in [7, 11) is 3.37. The number of amides is 2. The molecule has 0 heterocycles. The van der Waals surface area contributed by atoms with Gasteiger partial charge in [0.15, 0.2) is 0 Å². The highest BCUT2D eigenvalue weighted by Crippen LogP contribution is 2.27. The summed E-state index contributed by atoms with van der Waals surface area (Å²) in [5, 5.41) is 12.1. The molecule has 5 heteroatoms. The van der Waals surface area contributed by atoms with Crippen molar-refractivity contribution in [2.75, 3.05) is 26.0 Å². The standard InChI is InChI=1S/C14H20N2O3/c1-16(9-10-7-12(17)8-10)14(18)15-11-3-5-13(19-2)6-4-11/h3-6,10,12,17H,7-9H2,1-2H3,(H,15,18). The number of aliphatic hydroxyl groups is 1. The molecule has 0 radical (unpaired) electrons. The van der Waals surface area contributed by atoms with Crippen LogP contribution in [0.15, 0.2) is 24.3 Å². The van der Waals surface area contributed by atoms with Gasteiger partial charge in [0, 0.05) is 19.3 Å². The summed E-state index contributed by atoms with van der Waals surface area (Å²) in [6, 6.07) is 7.08. The predicted molar refractivity (Wildman–Crippen MR) is 73.4 cm³/mol. The molecule has 0 atom stereocenters. The first-order chi connectivity index (χ1) is 9.08. The quantitative estimate of drug-likeness (QED) is 0.873. The summed E-state index contributed by atoms with van der Waals surface area (Å²) in [5.41, 5.74) is 0.742. The topological polar surface area (TPSA) is 61.8 Å². The molecule has 0 aliphatic heterocycles. The average molecular weight is 264 g/mol. The Morgan fingerprint density at radius 1 is 1.42 bits per heavy atom. The van der Waals surface area contributed by atoms with Crippen molar-refractivity contribution in [1.29, 1.82) is 0 Å². The van der Waals surface area contributed by atoms with E-state index in [-0.39, 0.29) is 12.1 Å². The second-order valence-electron chi connectivity index (χ2n) is 5.03. The van der Waals surface area contributed by atoms with Gasteiger partial charge >= 0.3 is 6.03 Å². The summed E-state index contributed by atoms with van der Waals surface area (Å²) in [5.74, 6) is 1.18. The molecule has 104 valence electrons. The molecule has 19 heavy (non-hydrogen) atoms. The second-order valence-corrected chi connectivity index (χ2v) is 5.03. The number of rotatable bonds is 4. The highest BCUT2D eigenvalue weighted by atomic mass is 16.5. The van der Waals surface area contributed by atoms with Crippen LogP contribution in [0, 0.1) is 5.92 Å². The minimum Gasteiger partial charge on any atom is -0.497 e. The summed E-state index contributed by atoms with van der Waals surface area (Å²) < 4.78 is 5.06. The number of hydrogen-bond donors (Lipinski definition) is 2. The Bertz CT molecular complexity index is 427. The minimum atomic E-state index is -0.178. The van der Waals surface area contributed by atoms with Crippen molar-refractivity contribution in [2.24, 2.45) is 5.92 Å². The van der Waals surface area contributed by atoms with Crippen molar-refractivity contribution >= 4 is 11.7 Å². The SMILES string of the molecule is COc1ccc(NC(=O)N(C)CC2CC(O)C2)cc1. The molecule has 1 aliphatic carbocycles. The van der Waals surface area contributed by atoms with E-state index in [0.717, 1.165) is 24.3 Å². The van der Waals surface area contributed by atoms with Crippen LogP contribution in [0.25, 0.3) is 0 Å². The molecule has 0 bridgehead atoms. The molecule has 2 amide bonds. The lowest BCUT2D eigenvalue weighted by Crippen LogP contribution is -2.41. The van der Waals surface area contributed by atoms with Gasteiger partial charge in [-0.1, -0.05) is 0 Å². The lowest BCUT2D eigenvalue weighted by Gasteiger charge is -2.34. The van der Waals surface area contributed by atoms with Crippen LogP contribution < -0.4 is 10.1 Å². The molecule has 1 aromatic rings. The first-order valence-corrected chi connectivity index (χ1v) is 6.42. The maximum absolute atomic E-state index is 11.9. The van der Waals surface area contributed by atoms with Gasteiger partial charge in [0.25, 0.3) is 0 Å². The third-order valence-electron chi connectivity index (χ3n) is 3.43. The van der Waals surface area contributed by atoms with Gasteiger partial charge in [0.1, 0.15) is 5.75 Å². The molecule has 1 fully saturated rings. The Balaban J connectivity index is 1.81. The third kappa shape index (κ3) is 3.61.